The van der Waals surface area contributed by atoms with Crippen LogP contribution in [0, 0.1) is 19.8 Å². The van der Waals surface area contributed by atoms with E-state index in [4.69, 9.17) is 0 Å². The zero-order valence-electron chi connectivity index (χ0n) is 14.7. The van der Waals surface area contributed by atoms with Crippen LogP contribution in [0.4, 0.5) is 4.39 Å². The number of carbonyl (C=O) groups is 1. The average Bonchev–Trinajstić information content (AvgIpc) is 2.62. The number of rotatable bonds is 5. The molecule has 0 radical (unpaired) electrons. The Bertz CT molecular complexity index is 937. The monoisotopic (exact) mass is 411 g/mol. The van der Waals surface area contributed by atoms with Gasteiger partial charge in [0.1, 0.15) is 5.78 Å². The normalized spacial score (nSPS) is 12.0. The molecular weight excluding hydrogens is 393 g/mol. The van der Waals surface area contributed by atoms with Gasteiger partial charge in [0.15, 0.2) is 0 Å². The Hall–Kier alpha value is -2.33. The van der Waals surface area contributed by atoms with Crippen LogP contribution in [-0.4, -0.2) is 10.8 Å². The van der Waals surface area contributed by atoms with Crippen molar-refractivity contribution in [3.05, 3.63) is 99.0 Å². The zero-order valence-corrected chi connectivity index (χ0v) is 16.3. The predicted octanol–water partition coefficient (Wildman–Crippen LogP) is 5.54. The maximum absolute atomic E-state index is 14.1. The Balaban J connectivity index is 2.02. The minimum atomic E-state index is -0.580. The van der Waals surface area contributed by atoms with Crippen LogP contribution in [0.15, 0.2) is 65.3 Å². The molecule has 0 fully saturated rings. The minimum absolute atomic E-state index is 0.00950. The highest BCUT2D eigenvalue weighted by atomic mass is 79.9. The molecule has 0 spiro atoms. The first kappa shape index (κ1) is 18.5. The number of halogens is 2. The Morgan fingerprint density at radius 1 is 1.12 bits per heavy atom. The molecule has 0 aliphatic carbocycles. The molecule has 2 nitrogen and oxygen atoms in total. The first-order valence-electron chi connectivity index (χ1n) is 8.40. The summed E-state index contributed by atoms with van der Waals surface area (Å²) in [5, 5.41) is 0. The van der Waals surface area contributed by atoms with Gasteiger partial charge in [-0.3, -0.25) is 4.79 Å². The van der Waals surface area contributed by atoms with Crippen molar-refractivity contribution < 1.29 is 9.18 Å². The maximum Gasteiger partial charge on any atom is 0.216 e. The summed E-state index contributed by atoms with van der Waals surface area (Å²) in [6, 6.07) is 17.2. The van der Waals surface area contributed by atoms with Gasteiger partial charge in [0.05, 0.1) is 5.92 Å². The summed E-state index contributed by atoms with van der Waals surface area (Å²) in [6.45, 7) is 3.83. The molecule has 26 heavy (non-hydrogen) atoms. The largest absolute Gasteiger partial charge is 0.298 e. The molecule has 1 atom stereocenters. The summed E-state index contributed by atoms with van der Waals surface area (Å²) in [5.74, 6) is -1.07. The highest BCUT2D eigenvalue weighted by molar-refractivity contribution is 9.10. The SMILES string of the molecule is Cc1cnc(F)c(CC(=O)C(c2ccc(Br)cc2)c2ccccc2C)c1. The molecule has 0 saturated heterocycles. The number of ketones is 1. The van der Waals surface area contributed by atoms with Crippen molar-refractivity contribution in [3.63, 3.8) is 0 Å². The van der Waals surface area contributed by atoms with Gasteiger partial charge in [-0.05, 0) is 54.3 Å². The molecule has 3 aromatic rings. The lowest BCUT2D eigenvalue weighted by Crippen LogP contribution is -2.18. The van der Waals surface area contributed by atoms with Gasteiger partial charge in [-0.15, -0.1) is 0 Å². The molecule has 2 aromatic carbocycles. The molecule has 0 N–H and O–H groups in total. The number of hydrogen-bond acceptors (Lipinski definition) is 2. The van der Waals surface area contributed by atoms with Gasteiger partial charge in [-0.1, -0.05) is 52.3 Å². The van der Waals surface area contributed by atoms with E-state index in [0.29, 0.717) is 5.56 Å². The quantitative estimate of drug-likeness (QED) is 0.515. The number of aryl methyl sites for hydroxylation is 2. The molecule has 0 aliphatic heterocycles. The molecule has 1 aromatic heterocycles. The Morgan fingerprint density at radius 3 is 2.50 bits per heavy atom. The lowest BCUT2D eigenvalue weighted by molar-refractivity contribution is -0.119. The Kier molecular flexibility index (Phi) is 5.62. The van der Waals surface area contributed by atoms with E-state index in [0.717, 1.165) is 26.7 Å². The highest BCUT2D eigenvalue weighted by Crippen LogP contribution is 2.30. The Labute approximate surface area is 161 Å². The molecule has 3 rings (SSSR count). The average molecular weight is 412 g/mol. The number of hydrogen-bond donors (Lipinski definition) is 0. The van der Waals surface area contributed by atoms with E-state index in [9.17, 15) is 9.18 Å². The van der Waals surface area contributed by atoms with Gasteiger partial charge >= 0.3 is 0 Å². The van der Waals surface area contributed by atoms with E-state index in [1.54, 1.807) is 6.07 Å². The van der Waals surface area contributed by atoms with Crippen LogP contribution in [0.3, 0.4) is 0 Å². The maximum atomic E-state index is 14.1. The van der Waals surface area contributed by atoms with Gasteiger partial charge < -0.3 is 0 Å². The fourth-order valence-electron chi connectivity index (χ4n) is 3.13. The molecule has 4 heteroatoms. The first-order valence-corrected chi connectivity index (χ1v) is 9.19. The van der Waals surface area contributed by atoms with Crippen molar-refractivity contribution in [1.29, 1.82) is 0 Å². The van der Waals surface area contributed by atoms with E-state index >= 15 is 0 Å². The van der Waals surface area contributed by atoms with E-state index in [-0.39, 0.29) is 12.2 Å². The third-order valence-corrected chi connectivity index (χ3v) is 4.97. The fraction of sp³-hybridized carbons (Fsp3) is 0.182. The summed E-state index contributed by atoms with van der Waals surface area (Å²) in [6.07, 6.45) is 1.48. The summed E-state index contributed by atoms with van der Waals surface area (Å²) in [4.78, 5) is 16.9. The predicted molar refractivity (Wildman–Crippen MR) is 105 cm³/mol. The van der Waals surface area contributed by atoms with Crippen LogP contribution in [0.25, 0.3) is 0 Å². The topological polar surface area (TPSA) is 30.0 Å². The van der Waals surface area contributed by atoms with Crippen molar-refractivity contribution in [2.45, 2.75) is 26.2 Å². The van der Waals surface area contributed by atoms with E-state index in [1.807, 2.05) is 62.4 Å². The van der Waals surface area contributed by atoms with E-state index in [2.05, 4.69) is 20.9 Å². The molecule has 1 heterocycles. The van der Waals surface area contributed by atoms with Crippen molar-refractivity contribution in [1.82, 2.24) is 4.98 Å². The van der Waals surface area contributed by atoms with Crippen molar-refractivity contribution in [2.75, 3.05) is 0 Å². The van der Waals surface area contributed by atoms with Crippen molar-refractivity contribution in [2.24, 2.45) is 0 Å². The summed E-state index contributed by atoms with van der Waals surface area (Å²) >= 11 is 3.43. The summed E-state index contributed by atoms with van der Waals surface area (Å²) < 4.78 is 15.0. The molecule has 1 unspecified atom stereocenters. The highest BCUT2D eigenvalue weighted by Gasteiger charge is 2.25. The third kappa shape index (κ3) is 4.07. The number of Topliss-reactive ketones (excluding diaryl/α,β-unsaturated/α-hetero) is 1. The smallest absolute Gasteiger partial charge is 0.216 e. The second kappa shape index (κ2) is 7.92. The number of pyridine rings is 1. The van der Waals surface area contributed by atoms with Crippen LogP contribution in [0.5, 0.6) is 0 Å². The second-order valence-electron chi connectivity index (χ2n) is 6.45. The molecular formula is C22H19BrFNO. The third-order valence-electron chi connectivity index (χ3n) is 4.44. The second-order valence-corrected chi connectivity index (χ2v) is 7.36. The molecule has 0 amide bonds. The summed E-state index contributed by atoms with van der Waals surface area (Å²) in [7, 11) is 0. The van der Waals surface area contributed by atoms with Gasteiger partial charge in [-0.2, -0.15) is 4.39 Å². The number of aromatic nitrogens is 1. The van der Waals surface area contributed by atoms with Gasteiger partial charge in [0.2, 0.25) is 5.95 Å². The lowest BCUT2D eigenvalue weighted by Gasteiger charge is -2.19. The first-order chi connectivity index (χ1) is 12.5. The van der Waals surface area contributed by atoms with Crippen molar-refractivity contribution in [3.8, 4) is 0 Å². The minimum Gasteiger partial charge on any atom is -0.298 e. The van der Waals surface area contributed by atoms with Gasteiger partial charge in [0.25, 0.3) is 0 Å². The van der Waals surface area contributed by atoms with Gasteiger partial charge in [-0.25, -0.2) is 4.98 Å². The van der Waals surface area contributed by atoms with E-state index < -0.39 is 11.9 Å². The van der Waals surface area contributed by atoms with Crippen LogP contribution >= 0.6 is 15.9 Å². The fourth-order valence-corrected chi connectivity index (χ4v) is 3.40. The van der Waals surface area contributed by atoms with Crippen LogP contribution in [0.1, 0.15) is 33.7 Å². The molecule has 0 saturated carbocycles. The van der Waals surface area contributed by atoms with Crippen LogP contribution in [-0.2, 0) is 11.2 Å². The zero-order chi connectivity index (χ0) is 18.7. The molecule has 132 valence electrons. The van der Waals surface area contributed by atoms with E-state index in [1.165, 1.54) is 6.20 Å². The standard InChI is InChI=1S/C22H19BrFNO/c1-14-11-17(22(24)25-13-14)12-20(26)21(16-7-9-18(23)10-8-16)19-6-4-3-5-15(19)2/h3-11,13,21H,12H2,1-2H3. The van der Waals surface area contributed by atoms with Gasteiger partial charge in [0, 0.05) is 22.7 Å². The number of carbonyl (C=O) groups excluding carboxylic acids is 1. The van der Waals surface area contributed by atoms with Crippen LogP contribution in [0.2, 0.25) is 0 Å². The van der Waals surface area contributed by atoms with Crippen molar-refractivity contribution >= 4 is 21.7 Å². The number of benzene rings is 2. The molecule has 0 bridgehead atoms. The Morgan fingerprint density at radius 2 is 1.81 bits per heavy atom. The van der Waals surface area contributed by atoms with Crippen LogP contribution < -0.4 is 0 Å². The number of nitrogens with zero attached hydrogens (tertiary/aromatic N) is 1. The summed E-state index contributed by atoms with van der Waals surface area (Å²) in [5.41, 5.74) is 4.06. The molecule has 0 aliphatic rings. The lowest BCUT2D eigenvalue weighted by atomic mass is 9.83.